The number of hydrogen-bond acceptors (Lipinski definition) is 5. The fraction of sp³-hybridized carbons (Fsp3) is 0.435. The van der Waals surface area contributed by atoms with Crippen molar-refractivity contribution in [3.63, 3.8) is 0 Å². The van der Waals surface area contributed by atoms with E-state index in [2.05, 4.69) is 53.2 Å². The summed E-state index contributed by atoms with van der Waals surface area (Å²) in [6.45, 7) is 10.8. The summed E-state index contributed by atoms with van der Waals surface area (Å²) in [5.74, 6) is 1.03. The first kappa shape index (κ1) is 25.3. The first-order valence-electron chi connectivity index (χ1n) is 10.4. The highest BCUT2D eigenvalue weighted by molar-refractivity contribution is 5.73. The average molecular weight is 451 g/mol. The molecule has 0 aliphatic carbocycles. The van der Waals surface area contributed by atoms with Crippen LogP contribution in [0.15, 0.2) is 42.6 Å². The molecule has 0 bridgehead atoms. The first-order valence-corrected chi connectivity index (χ1v) is 10.4. The van der Waals surface area contributed by atoms with E-state index in [-0.39, 0.29) is 5.91 Å². The molecular formula is C23H29F3N4O2. The highest BCUT2D eigenvalue weighted by Gasteiger charge is 2.25. The van der Waals surface area contributed by atoms with Gasteiger partial charge in [-0.3, -0.25) is 14.5 Å². The van der Waals surface area contributed by atoms with Crippen molar-refractivity contribution < 1.29 is 22.8 Å². The minimum absolute atomic E-state index is 0.0148. The van der Waals surface area contributed by atoms with E-state index >= 15 is 0 Å². The van der Waals surface area contributed by atoms with E-state index in [1.165, 1.54) is 6.92 Å². The molecule has 0 unspecified atom stereocenters. The van der Waals surface area contributed by atoms with Crippen molar-refractivity contribution in [1.29, 1.82) is 0 Å². The molecule has 1 saturated heterocycles. The molecule has 1 aliphatic heterocycles. The number of aldehydes is 1. The minimum atomic E-state index is -4.64. The number of carbonyl (C=O) groups excluding carboxylic acids is 2. The molecule has 1 fully saturated rings. The number of hydrogen-bond donors (Lipinski definition) is 1. The number of alkyl halides is 3. The molecule has 0 saturated carbocycles. The lowest BCUT2D eigenvalue weighted by molar-refractivity contribution is -0.156. The summed E-state index contributed by atoms with van der Waals surface area (Å²) >= 11 is 0. The number of aromatic nitrogens is 1. The second-order valence-corrected chi connectivity index (χ2v) is 7.79. The maximum Gasteiger partial charge on any atom is 0.446 e. The van der Waals surface area contributed by atoms with Crippen LogP contribution < -0.4 is 10.2 Å². The molecule has 32 heavy (non-hydrogen) atoms. The molecule has 0 radical (unpaired) electrons. The number of amides is 1. The second-order valence-electron chi connectivity index (χ2n) is 7.79. The summed E-state index contributed by atoms with van der Waals surface area (Å²) < 4.78 is 31.2. The summed E-state index contributed by atoms with van der Waals surface area (Å²) in [5, 5.41) is 2.84. The van der Waals surface area contributed by atoms with Crippen molar-refractivity contribution in [3.05, 3.63) is 48.2 Å². The Morgan fingerprint density at radius 2 is 1.78 bits per heavy atom. The monoisotopic (exact) mass is 450 g/mol. The normalized spacial score (nSPS) is 14.5. The van der Waals surface area contributed by atoms with Crippen LogP contribution in [0.2, 0.25) is 0 Å². The number of nitrogens with one attached hydrogen (secondary N) is 1. The number of piperazine rings is 1. The van der Waals surface area contributed by atoms with Crippen molar-refractivity contribution in [2.45, 2.75) is 39.5 Å². The minimum Gasteiger partial charge on any atom is -0.354 e. The lowest BCUT2D eigenvalue weighted by Crippen LogP contribution is -2.49. The van der Waals surface area contributed by atoms with Gasteiger partial charge < -0.3 is 10.2 Å². The third kappa shape index (κ3) is 8.30. The van der Waals surface area contributed by atoms with Crippen molar-refractivity contribution >= 4 is 18.0 Å². The lowest BCUT2D eigenvalue weighted by atomic mass is 10.0. The third-order valence-corrected chi connectivity index (χ3v) is 5.05. The Balaban J connectivity index is 0.000000534. The van der Waals surface area contributed by atoms with Crippen LogP contribution in [0.3, 0.4) is 0 Å². The van der Waals surface area contributed by atoms with Gasteiger partial charge in [0.2, 0.25) is 12.2 Å². The Morgan fingerprint density at radius 1 is 1.12 bits per heavy atom. The van der Waals surface area contributed by atoms with E-state index in [0.717, 1.165) is 48.7 Å². The summed E-state index contributed by atoms with van der Waals surface area (Å²) in [4.78, 5) is 29.3. The molecular weight excluding hydrogens is 421 g/mol. The van der Waals surface area contributed by atoms with E-state index in [4.69, 9.17) is 9.78 Å². The summed E-state index contributed by atoms with van der Waals surface area (Å²) in [5.41, 5.74) is 3.31. The van der Waals surface area contributed by atoms with Crippen LogP contribution >= 0.6 is 0 Å². The van der Waals surface area contributed by atoms with Crippen LogP contribution in [0.4, 0.5) is 19.0 Å². The SMILES string of the molecule is CC(=O)NCc1cccc(-c2ccc(N3CCN(C(C)C)CC3)nc2)c1.O=CC(F)(F)F. The predicted octanol–water partition coefficient (Wildman–Crippen LogP) is 3.66. The molecule has 1 N–H and O–H groups in total. The molecule has 1 aliphatic rings. The van der Waals surface area contributed by atoms with Gasteiger partial charge in [0.1, 0.15) is 5.82 Å². The zero-order chi connectivity index (χ0) is 23.7. The topological polar surface area (TPSA) is 65.5 Å². The van der Waals surface area contributed by atoms with Gasteiger partial charge in [-0.25, -0.2) is 4.98 Å². The number of pyridine rings is 1. The highest BCUT2D eigenvalue weighted by Crippen LogP contribution is 2.23. The van der Waals surface area contributed by atoms with Gasteiger partial charge in [0.05, 0.1) is 0 Å². The van der Waals surface area contributed by atoms with E-state index in [9.17, 15) is 18.0 Å². The van der Waals surface area contributed by atoms with Crippen LogP contribution in [0.1, 0.15) is 26.3 Å². The third-order valence-electron chi connectivity index (χ3n) is 5.05. The van der Waals surface area contributed by atoms with Crippen LogP contribution in [0.25, 0.3) is 11.1 Å². The maximum absolute atomic E-state index is 11.1. The molecule has 9 heteroatoms. The van der Waals surface area contributed by atoms with Gasteiger partial charge in [0.15, 0.2) is 0 Å². The number of anilines is 1. The molecule has 1 amide bonds. The van der Waals surface area contributed by atoms with Gasteiger partial charge in [0.25, 0.3) is 0 Å². The maximum atomic E-state index is 11.1. The zero-order valence-corrected chi connectivity index (χ0v) is 18.5. The van der Waals surface area contributed by atoms with Crippen molar-refractivity contribution in [3.8, 4) is 11.1 Å². The fourth-order valence-corrected chi connectivity index (χ4v) is 3.30. The van der Waals surface area contributed by atoms with Gasteiger partial charge in [-0.2, -0.15) is 13.2 Å². The van der Waals surface area contributed by atoms with Crippen LogP contribution in [-0.2, 0) is 16.1 Å². The highest BCUT2D eigenvalue weighted by atomic mass is 19.4. The smallest absolute Gasteiger partial charge is 0.354 e. The number of rotatable bonds is 5. The van der Waals surface area contributed by atoms with Gasteiger partial charge in [-0.15, -0.1) is 0 Å². The molecule has 3 rings (SSSR count). The van der Waals surface area contributed by atoms with Gasteiger partial charge in [-0.05, 0) is 43.2 Å². The summed E-state index contributed by atoms with van der Waals surface area (Å²) in [7, 11) is 0. The number of benzene rings is 1. The second kappa shape index (κ2) is 11.6. The Morgan fingerprint density at radius 3 is 2.28 bits per heavy atom. The van der Waals surface area contributed by atoms with E-state index in [0.29, 0.717) is 12.6 Å². The van der Waals surface area contributed by atoms with Crippen molar-refractivity contribution in [2.75, 3.05) is 31.1 Å². The van der Waals surface area contributed by atoms with E-state index < -0.39 is 12.5 Å². The lowest BCUT2D eigenvalue weighted by Gasteiger charge is -2.37. The van der Waals surface area contributed by atoms with Gasteiger partial charge in [0, 0.05) is 57.4 Å². The standard InChI is InChI=1S/C21H28N4O.C2HF3O/c1-16(2)24-9-11-25(12-10-24)21-8-7-20(15-23-21)19-6-4-5-18(13-19)14-22-17(3)26;3-2(4,5)1-6/h4-8,13,15-16H,9-12,14H2,1-3H3,(H,22,26);1H. The molecule has 2 aromatic rings. The molecule has 174 valence electrons. The summed E-state index contributed by atoms with van der Waals surface area (Å²) in [6, 6.07) is 13.1. The molecule has 0 spiro atoms. The van der Waals surface area contributed by atoms with E-state index in [1.807, 2.05) is 18.3 Å². The molecule has 6 nitrogen and oxygen atoms in total. The van der Waals surface area contributed by atoms with E-state index in [1.54, 1.807) is 0 Å². The Labute approximate surface area is 186 Å². The number of nitrogens with zero attached hydrogens (tertiary/aromatic N) is 3. The zero-order valence-electron chi connectivity index (χ0n) is 18.5. The van der Waals surface area contributed by atoms with Crippen LogP contribution in [0.5, 0.6) is 0 Å². The largest absolute Gasteiger partial charge is 0.446 e. The van der Waals surface area contributed by atoms with Crippen molar-refractivity contribution in [2.24, 2.45) is 0 Å². The molecule has 1 aromatic heterocycles. The van der Waals surface area contributed by atoms with Gasteiger partial charge >= 0.3 is 6.18 Å². The van der Waals surface area contributed by atoms with Crippen LogP contribution in [-0.4, -0.2) is 60.5 Å². The predicted molar refractivity (Wildman–Crippen MR) is 118 cm³/mol. The van der Waals surface area contributed by atoms with Crippen molar-refractivity contribution in [1.82, 2.24) is 15.2 Å². The van der Waals surface area contributed by atoms with Crippen LogP contribution in [0, 0.1) is 0 Å². The molecule has 0 atom stereocenters. The molecule has 1 aromatic carbocycles. The fourth-order valence-electron chi connectivity index (χ4n) is 3.30. The van der Waals surface area contributed by atoms with Gasteiger partial charge in [-0.1, -0.05) is 18.2 Å². The summed E-state index contributed by atoms with van der Waals surface area (Å²) in [6.07, 6.45) is -3.76. The number of carbonyl (C=O) groups is 2. The average Bonchev–Trinajstić information content (AvgIpc) is 2.78. The Bertz CT molecular complexity index is 878. The first-order chi connectivity index (χ1) is 15.1. The Hall–Kier alpha value is -2.94. The molecule has 2 heterocycles. The Kier molecular flexibility index (Phi) is 9.19. The quantitative estimate of drug-likeness (QED) is 0.705. The number of halogens is 3.